The highest BCUT2D eigenvalue weighted by Gasteiger charge is 2.22. The normalized spacial score (nSPS) is 10.4. The third-order valence-electron chi connectivity index (χ3n) is 2.31. The van der Waals surface area contributed by atoms with Gasteiger partial charge in [0.1, 0.15) is 5.02 Å². The Morgan fingerprint density at radius 1 is 1.25 bits per heavy atom. The maximum atomic E-state index is 13.6. The molecular weight excluding hydrogens is 359 g/mol. The molecule has 0 radical (unpaired) electrons. The Kier molecular flexibility index (Phi) is 4.20. The van der Waals surface area contributed by atoms with Gasteiger partial charge >= 0.3 is 5.69 Å². The number of ether oxygens (including phenoxy) is 1. The molecule has 0 aliphatic rings. The van der Waals surface area contributed by atoms with Crippen LogP contribution in [0, 0.1) is 21.7 Å². The number of hydrogen-bond acceptors (Lipinski definition) is 3. The SMILES string of the molecule is O=[N+]([O-])c1c(Cl)cccc1Oc1cc(Br)cc(F)c1F. The van der Waals surface area contributed by atoms with Gasteiger partial charge in [-0.05, 0) is 24.3 Å². The minimum atomic E-state index is -1.25. The molecule has 2 aromatic rings. The molecule has 20 heavy (non-hydrogen) atoms. The molecule has 0 aliphatic carbocycles. The fourth-order valence-electron chi connectivity index (χ4n) is 1.48. The van der Waals surface area contributed by atoms with E-state index in [4.69, 9.17) is 16.3 Å². The van der Waals surface area contributed by atoms with Gasteiger partial charge in [0.15, 0.2) is 11.6 Å². The Labute approximate surface area is 125 Å². The first-order chi connectivity index (χ1) is 9.40. The number of benzene rings is 2. The number of nitro groups is 1. The fraction of sp³-hybridized carbons (Fsp3) is 0. The predicted molar refractivity (Wildman–Crippen MR) is 72.2 cm³/mol. The van der Waals surface area contributed by atoms with E-state index < -0.39 is 28.0 Å². The Morgan fingerprint density at radius 3 is 2.60 bits per heavy atom. The second-order valence-corrected chi connectivity index (χ2v) is 4.97. The van der Waals surface area contributed by atoms with Crippen molar-refractivity contribution in [3.63, 3.8) is 0 Å². The Hall–Kier alpha value is -1.73. The zero-order chi connectivity index (χ0) is 14.9. The van der Waals surface area contributed by atoms with Gasteiger partial charge in [0.25, 0.3) is 0 Å². The van der Waals surface area contributed by atoms with Gasteiger partial charge in [-0.2, -0.15) is 4.39 Å². The molecule has 0 N–H and O–H groups in total. The number of nitro benzene ring substituents is 1. The van der Waals surface area contributed by atoms with Crippen molar-refractivity contribution in [2.75, 3.05) is 0 Å². The van der Waals surface area contributed by atoms with E-state index in [2.05, 4.69) is 15.9 Å². The lowest BCUT2D eigenvalue weighted by Crippen LogP contribution is -1.97. The van der Waals surface area contributed by atoms with E-state index in [1.54, 1.807) is 0 Å². The summed E-state index contributed by atoms with van der Waals surface area (Å²) in [6.07, 6.45) is 0. The fourth-order valence-corrected chi connectivity index (χ4v) is 2.12. The van der Waals surface area contributed by atoms with Crippen molar-refractivity contribution in [2.24, 2.45) is 0 Å². The number of hydrogen-bond donors (Lipinski definition) is 0. The van der Waals surface area contributed by atoms with Crippen molar-refractivity contribution < 1.29 is 18.4 Å². The first kappa shape index (κ1) is 14.7. The van der Waals surface area contributed by atoms with E-state index in [0.717, 1.165) is 12.1 Å². The lowest BCUT2D eigenvalue weighted by Gasteiger charge is -2.08. The molecule has 0 heterocycles. The maximum Gasteiger partial charge on any atom is 0.329 e. The van der Waals surface area contributed by atoms with Gasteiger partial charge in [-0.3, -0.25) is 10.1 Å². The number of rotatable bonds is 3. The minimum Gasteiger partial charge on any atom is -0.447 e. The van der Waals surface area contributed by atoms with Crippen LogP contribution in [0.1, 0.15) is 0 Å². The molecule has 104 valence electrons. The van der Waals surface area contributed by atoms with Gasteiger partial charge in [-0.15, -0.1) is 0 Å². The van der Waals surface area contributed by atoms with Gasteiger partial charge in [-0.25, -0.2) is 4.39 Å². The van der Waals surface area contributed by atoms with E-state index in [0.29, 0.717) is 0 Å². The van der Waals surface area contributed by atoms with Gasteiger partial charge in [0.2, 0.25) is 11.6 Å². The van der Waals surface area contributed by atoms with Crippen molar-refractivity contribution in [1.82, 2.24) is 0 Å². The van der Waals surface area contributed by atoms with Crippen molar-refractivity contribution in [1.29, 1.82) is 0 Å². The Bertz CT molecular complexity index is 697. The molecule has 0 spiro atoms. The summed E-state index contributed by atoms with van der Waals surface area (Å²) in [7, 11) is 0. The summed E-state index contributed by atoms with van der Waals surface area (Å²) in [5, 5.41) is 10.8. The zero-order valence-electron chi connectivity index (χ0n) is 9.57. The second-order valence-electron chi connectivity index (χ2n) is 3.65. The highest BCUT2D eigenvalue weighted by molar-refractivity contribution is 9.10. The van der Waals surface area contributed by atoms with Gasteiger partial charge in [0.05, 0.1) is 4.92 Å². The van der Waals surface area contributed by atoms with Crippen LogP contribution in [0.15, 0.2) is 34.8 Å². The third kappa shape index (κ3) is 2.88. The molecule has 0 fully saturated rings. The first-order valence-electron chi connectivity index (χ1n) is 5.15. The quantitative estimate of drug-likeness (QED) is 0.433. The zero-order valence-corrected chi connectivity index (χ0v) is 11.9. The average molecular weight is 365 g/mol. The summed E-state index contributed by atoms with van der Waals surface area (Å²) in [6, 6.07) is 6.00. The lowest BCUT2D eigenvalue weighted by molar-refractivity contribution is -0.385. The Morgan fingerprint density at radius 2 is 1.95 bits per heavy atom. The average Bonchev–Trinajstić information content (AvgIpc) is 2.35. The van der Waals surface area contributed by atoms with Crippen LogP contribution in [0.3, 0.4) is 0 Å². The lowest BCUT2D eigenvalue weighted by atomic mass is 10.3. The van der Waals surface area contributed by atoms with E-state index in [-0.39, 0.29) is 15.2 Å². The molecule has 0 saturated carbocycles. The largest absolute Gasteiger partial charge is 0.447 e. The number of nitrogens with zero attached hydrogens (tertiary/aromatic N) is 1. The Balaban J connectivity index is 2.51. The molecule has 0 unspecified atom stereocenters. The van der Waals surface area contributed by atoms with Crippen molar-refractivity contribution in [3.05, 3.63) is 61.6 Å². The van der Waals surface area contributed by atoms with E-state index in [1.807, 2.05) is 0 Å². The van der Waals surface area contributed by atoms with Gasteiger partial charge in [0, 0.05) is 4.47 Å². The smallest absolute Gasteiger partial charge is 0.329 e. The summed E-state index contributed by atoms with van der Waals surface area (Å²) in [4.78, 5) is 10.2. The molecule has 2 rings (SSSR count). The van der Waals surface area contributed by atoms with E-state index in [9.17, 15) is 18.9 Å². The molecule has 2 aromatic carbocycles. The monoisotopic (exact) mass is 363 g/mol. The van der Waals surface area contributed by atoms with E-state index >= 15 is 0 Å². The molecule has 0 saturated heterocycles. The topological polar surface area (TPSA) is 52.4 Å². The van der Waals surface area contributed by atoms with E-state index in [1.165, 1.54) is 18.2 Å². The third-order valence-corrected chi connectivity index (χ3v) is 3.07. The van der Waals surface area contributed by atoms with Crippen LogP contribution in [0.25, 0.3) is 0 Å². The summed E-state index contributed by atoms with van der Waals surface area (Å²) >= 11 is 8.67. The molecule has 0 atom stereocenters. The second kappa shape index (κ2) is 5.72. The molecular formula is C12H5BrClF2NO3. The van der Waals surface area contributed by atoms with Gasteiger partial charge < -0.3 is 4.74 Å². The molecule has 0 aromatic heterocycles. The highest BCUT2D eigenvalue weighted by atomic mass is 79.9. The maximum absolute atomic E-state index is 13.6. The summed E-state index contributed by atoms with van der Waals surface area (Å²) < 4.78 is 32.1. The van der Waals surface area contributed by atoms with Crippen LogP contribution in [-0.4, -0.2) is 4.92 Å². The molecule has 4 nitrogen and oxygen atoms in total. The van der Waals surface area contributed by atoms with Crippen LogP contribution < -0.4 is 4.74 Å². The minimum absolute atomic E-state index is 0.164. The molecule has 0 aliphatic heterocycles. The molecule has 8 heteroatoms. The number of halogens is 4. The highest BCUT2D eigenvalue weighted by Crippen LogP contribution is 2.38. The van der Waals surface area contributed by atoms with Gasteiger partial charge in [-0.1, -0.05) is 33.6 Å². The van der Waals surface area contributed by atoms with Crippen LogP contribution in [0.4, 0.5) is 14.5 Å². The van der Waals surface area contributed by atoms with Crippen molar-refractivity contribution >= 4 is 33.2 Å². The van der Waals surface area contributed by atoms with Crippen molar-refractivity contribution in [2.45, 2.75) is 0 Å². The summed E-state index contributed by atoms with van der Waals surface area (Å²) in [5.41, 5.74) is -0.519. The number of para-hydroxylation sites is 1. The molecule has 0 amide bonds. The first-order valence-corrected chi connectivity index (χ1v) is 6.32. The summed E-state index contributed by atoms with van der Waals surface area (Å²) in [5.74, 6) is -3.15. The predicted octanol–water partition coefficient (Wildman–Crippen LogP) is 5.08. The van der Waals surface area contributed by atoms with Crippen LogP contribution >= 0.6 is 27.5 Å². The molecule has 0 bridgehead atoms. The van der Waals surface area contributed by atoms with Crippen LogP contribution in [0.5, 0.6) is 11.5 Å². The van der Waals surface area contributed by atoms with Crippen molar-refractivity contribution in [3.8, 4) is 11.5 Å². The standard InChI is InChI=1S/C12H5BrClF2NO3/c13-6-4-8(15)11(16)10(5-6)20-9-3-1-2-7(14)12(9)17(18)19/h1-5H. The van der Waals surface area contributed by atoms with Crippen LogP contribution in [0.2, 0.25) is 5.02 Å². The van der Waals surface area contributed by atoms with Crippen LogP contribution in [-0.2, 0) is 0 Å². The summed E-state index contributed by atoms with van der Waals surface area (Å²) in [6.45, 7) is 0.